The number of aromatic nitrogens is 1. The molecule has 1 amide bonds. The lowest BCUT2D eigenvalue weighted by Gasteiger charge is -2.44. The van der Waals surface area contributed by atoms with Crippen LogP contribution >= 0.6 is 0 Å². The smallest absolute Gasteiger partial charge is 0.451 e. The lowest BCUT2D eigenvalue weighted by atomic mass is 9.71. The van der Waals surface area contributed by atoms with Gasteiger partial charge in [-0.25, -0.2) is 13.6 Å². The summed E-state index contributed by atoms with van der Waals surface area (Å²) >= 11 is 0. The van der Waals surface area contributed by atoms with Gasteiger partial charge in [0.25, 0.3) is 5.91 Å². The molecule has 2 aliphatic rings. The monoisotopic (exact) mass is 548 g/mol. The van der Waals surface area contributed by atoms with E-state index in [2.05, 4.69) is 5.32 Å². The van der Waals surface area contributed by atoms with Crippen molar-refractivity contribution in [2.75, 3.05) is 20.0 Å². The molecule has 2 aromatic rings. The molecule has 10 nitrogen and oxygen atoms in total. The van der Waals surface area contributed by atoms with Crippen molar-refractivity contribution in [1.29, 1.82) is 0 Å². The summed E-state index contributed by atoms with van der Waals surface area (Å²) in [4.78, 5) is 51.9. The average molecular weight is 549 g/mol. The van der Waals surface area contributed by atoms with E-state index in [1.807, 2.05) is 6.92 Å². The zero-order valence-corrected chi connectivity index (χ0v) is 21.7. The van der Waals surface area contributed by atoms with E-state index in [1.54, 1.807) is 6.92 Å². The molecule has 2 atom stereocenters. The first-order valence-electron chi connectivity index (χ1n) is 12.7. The van der Waals surface area contributed by atoms with Crippen LogP contribution in [0, 0.1) is 17.0 Å². The first kappa shape index (κ1) is 28.2. The summed E-state index contributed by atoms with van der Waals surface area (Å²) in [6.07, 6.45) is 2.38. The number of fused-ring (bicyclic) bond motifs is 2. The Morgan fingerprint density at radius 2 is 2.03 bits per heavy atom. The van der Waals surface area contributed by atoms with Gasteiger partial charge in [-0.05, 0) is 32.3 Å². The van der Waals surface area contributed by atoms with E-state index in [4.69, 9.17) is 18.9 Å². The number of hydrogen-bond donors (Lipinski definition) is 1. The second kappa shape index (κ2) is 11.9. The molecular formula is C27H30F2N2O8. The topological polar surface area (TPSA) is 122 Å². The molecule has 1 aromatic heterocycles. The molecule has 0 aliphatic carbocycles. The summed E-state index contributed by atoms with van der Waals surface area (Å²) < 4.78 is 49.8. The summed E-state index contributed by atoms with van der Waals surface area (Å²) in [5.74, 6) is -3.34. The van der Waals surface area contributed by atoms with Crippen molar-refractivity contribution in [3.8, 4) is 5.75 Å². The van der Waals surface area contributed by atoms with Gasteiger partial charge in [0.15, 0.2) is 11.5 Å². The van der Waals surface area contributed by atoms with Crippen molar-refractivity contribution in [2.24, 2.45) is 5.41 Å². The van der Waals surface area contributed by atoms with Gasteiger partial charge in [0.2, 0.25) is 12.2 Å². The van der Waals surface area contributed by atoms with Crippen LogP contribution in [0.3, 0.4) is 0 Å². The highest BCUT2D eigenvalue weighted by Gasteiger charge is 2.50. The quantitative estimate of drug-likeness (QED) is 0.286. The molecule has 1 aromatic carbocycles. The third-order valence-electron chi connectivity index (χ3n) is 7.00. The largest absolute Gasteiger partial charge is 0.511 e. The number of pyridine rings is 1. The van der Waals surface area contributed by atoms with E-state index in [1.165, 1.54) is 16.8 Å². The Bertz CT molecular complexity index is 1330. The van der Waals surface area contributed by atoms with Crippen LogP contribution in [-0.2, 0) is 27.3 Å². The number of carbonyl (C=O) groups is 3. The lowest BCUT2D eigenvalue weighted by Crippen LogP contribution is -2.52. The van der Waals surface area contributed by atoms with Gasteiger partial charge in [0.1, 0.15) is 22.9 Å². The molecule has 1 fully saturated rings. The SMILES string of the molecule is CCCCOC(=O)OCOc1c2n(cc(C(=O)NCc3ccc(F)cc3F)c1=O)C[C@@H]1OCCC[C@]1(C)C2=O. The van der Waals surface area contributed by atoms with Crippen molar-refractivity contribution in [1.82, 2.24) is 9.88 Å². The molecule has 0 unspecified atom stereocenters. The van der Waals surface area contributed by atoms with Gasteiger partial charge in [-0.15, -0.1) is 0 Å². The van der Waals surface area contributed by atoms with Crippen LogP contribution in [0.25, 0.3) is 0 Å². The van der Waals surface area contributed by atoms with E-state index < -0.39 is 59.0 Å². The number of hydrogen-bond acceptors (Lipinski definition) is 8. The molecule has 0 saturated carbocycles. The number of rotatable bonds is 9. The number of ketones is 1. The van der Waals surface area contributed by atoms with Crippen LogP contribution < -0.4 is 15.5 Å². The molecular weight excluding hydrogens is 518 g/mol. The fourth-order valence-corrected chi connectivity index (χ4v) is 4.70. The molecule has 1 saturated heterocycles. The molecule has 39 heavy (non-hydrogen) atoms. The number of benzene rings is 1. The predicted molar refractivity (Wildman–Crippen MR) is 132 cm³/mol. The Morgan fingerprint density at radius 1 is 1.23 bits per heavy atom. The number of nitrogens with one attached hydrogen (secondary N) is 1. The highest BCUT2D eigenvalue weighted by Crippen LogP contribution is 2.42. The van der Waals surface area contributed by atoms with Crippen LogP contribution in [0.1, 0.15) is 65.9 Å². The average Bonchev–Trinajstić information content (AvgIpc) is 2.90. The fourth-order valence-electron chi connectivity index (χ4n) is 4.70. The zero-order valence-electron chi connectivity index (χ0n) is 21.7. The number of unbranched alkanes of at least 4 members (excludes halogenated alkanes) is 1. The molecule has 0 spiro atoms. The van der Waals surface area contributed by atoms with Gasteiger partial charge in [-0.3, -0.25) is 14.4 Å². The minimum atomic E-state index is -1.01. The predicted octanol–water partition coefficient (Wildman–Crippen LogP) is 3.73. The molecule has 0 radical (unpaired) electrons. The van der Waals surface area contributed by atoms with Crippen LogP contribution in [0.4, 0.5) is 13.6 Å². The molecule has 210 valence electrons. The number of Topliss-reactive ketones (excluding diaryl/α,β-unsaturated/α-hetero) is 1. The maximum absolute atomic E-state index is 14.0. The highest BCUT2D eigenvalue weighted by molar-refractivity contribution is 6.03. The van der Waals surface area contributed by atoms with E-state index >= 15 is 0 Å². The minimum Gasteiger partial charge on any atom is -0.451 e. The normalized spacial score (nSPS) is 20.0. The van der Waals surface area contributed by atoms with Gasteiger partial charge in [0.05, 0.1) is 24.7 Å². The standard InChI is InChI=1S/C27H30F2N2O8/c1-3-4-9-37-26(35)39-15-38-23-21-24(33)27(2)8-5-10-36-20(27)14-31(21)13-18(22(23)32)25(34)30-12-16-6-7-17(28)11-19(16)29/h6-7,11,13,20H,3-5,8-10,12,14-15H2,1-2H3,(H,30,34)/t20-,27-/m0/s1. The number of nitrogens with zero attached hydrogens (tertiary/aromatic N) is 1. The number of halogens is 2. The summed E-state index contributed by atoms with van der Waals surface area (Å²) in [7, 11) is 0. The molecule has 12 heteroatoms. The third-order valence-corrected chi connectivity index (χ3v) is 7.00. The number of ether oxygens (including phenoxy) is 4. The Labute approximate surface area is 223 Å². The molecule has 1 N–H and O–H groups in total. The molecule has 4 rings (SSSR count). The number of carbonyl (C=O) groups excluding carboxylic acids is 3. The molecule has 0 bridgehead atoms. The summed E-state index contributed by atoms with van der Waals surface area (Å²) in [5.41, 5.74) is -2.25. The van der Waals surface area contributed by atoms with Crippen molar-refractivity contribution >= 4 is 17.8 Å². The van der Waals surface area contributed by atoms with E-state index in [-0.39, 0.29) is 36.5 Å². The van der Waals surface area contributed by atoms with E-state index in [0.717, 1.165) is 12.5 Å². The summed E-state index contributed by atoms with van der Waals surface area (Å²) in [6, 6.07) is 2.90. The Morgan fingerprint density at radius 3 is 2.77 bits per heavy atom. The van der Waals surface area contributed by atoms with Crippen molar-refractivity contribution in [3.05, 3.63) is 63.1 Å². The second-order valence-electron chi connectivity index (χ2n) is 9.69. The van der Waals surface area contributed by atoms with Crippen molar-refractivity contribution in [3.63, 3.8) is 0 Å². The minimum absolute atomic E-state index is 0.0100. The molecule has 2 aliphatic heterocycles. The van der Waals surface area contributed by atoms with Crippen LogP contribution in [0.2, 0.25) is 0 Å². The Balaban J connectivity index is 1.62. The maximum Gasteiger partial charge on any atom is 0.511 e. The van der Waals surface area contributed by atoms with Crippen molar-refractivity contribution in [2.45, 2.75) is 58.7 Å². The van der Waals surface area contributed by atoms with E-state index in [9.17, 15) is 28.0 Å². The van der Waals surface area contributed by atoms with Crippen LogP contribution in [-0.4, -0.2) is 48.5 Å². The summed E-state index contributed by atoms with van der Waals surface area (Å²) in [5, 5.41) is 2.44. The first-order valence-corrected chi connectivity index (χ1v) is 12.7. The van der Waals surface area contributed by atoms with E-state index in [0.29, 0.717) is 31.9 Å². The van der Waals surface area contributed by atoms with Gasteiger partial charge in [-0.2, -0.15) is 0 Å². The second-order valence-corrected chi connectivity index (χ2v) is 9.69. The Hall–Kier alpha value is -3.80. The third kappa shape index (κ3) is 5.95. The van der Waals surface area contributed by atoms with Crippen LogP contribution in [0.15, 0.2) is 29.2 Å². The van der Waals surface area contributed by atoms with Crippen LogP contribution in [0.5, 0.6) is 5.75 Å². The fraction of sp³-hybridized carbons (Fsp3) is 0.481. The van der Waals surface area contributed by atoms with Gasteiger partial charge < -0.3 is 28.8 Å². The lowest BCUT2D eigenvalue weighted by molar-refractivity contribution is -0.0743. The molecule has 3 heterocycles. The Kier molecular flexibility index (Phi) is 8.63. The zero-order chi connectivity index (χ0) is 28.2. The number of amides is 1. The van der Waals surface area contributed by atoms with Crippen molar-refractivity contribution < 1.29 is 42.1 Å². The first-order chi connectivity index (χ1) is 18.7. The summed E-state index contributed by atoms with van der Waals surface area (Å²) in [6.45, 7) is 3.41. The van der Waals surface area contributed by atoms with Gasteiger partial charge in [-0.1, -0.05) is 19.4 Å². The van der Waals surface area contributed by atoms with Gasteiger partial charge in [0, 0.05) is 31.0 Å². The maximum atomic E-state index is 14.0. The highest BCUT2D eigenvalue weighted by atomic mass is 19.1. The van der Waals surface area contributed by atoms with Gasteiger partial charge >= 0.3 is 6.16 Å².